The van der Waals surface area contributed by atoms with Crippen LogP contribution in [0.25, 0.3) is 22.7 Å². The summed E-state index contributed by atoms with van der Waals surface area (Å²) in [5.41, 5.74) is 5.96. The van der Waals surface area contributed by atoms with Gasteiger partial charge in [-0.3, -0.25) is 14.3 Å². The van der Waals surface area contributed by atoms with Crippen LogP contribution in [0.5, 0.6) is 0 Å². The second-order valence-electron chi connectivity index (χ2n) is 10.2. The molecular formula is C31H31N5O2. The maximum atomic E-state index is 12.6. The molecule has 1 aliphatic heterocycles. The standard InChI is InChI=1S/C31H31N5O2/c1-21(22-7-9-23(10-8-22)29(37)34-18-26-6-4-16-38-26)20-36-28(19-35-30(36)32-2)31(13-14-31)25-11-12-27-24(17-25)5-3-15-33-27/h3,5,7-12,15,17,19-20,26H,2,4,6,13-14,16,18H2,1H3,(H,34,37)/b21-20+. The van der Waals surface area contributed by atoms with E-state index in [0.717, 1.165) is 60.0 Å². The number of aromatic nitrogens is 3. The Balaban J connectivity index is 1.26. The molecule has 0 bridgehead atoms. The molecule has 1 aliphatic carbocycles. The number of hydrogen-bond acceptors (Lipinski definition) is 5. The molecule has 7 heteroatoms. The summed E-state index contributed by atoms with van der Waals surface area (Å²) in [5, 5.41) is 4.12. The number of amides is 1. The van der Waals surface area contributed by atoms with Gasteiger partial charge in [-0.1, -0.05) is 24.3 Å². The summed E-state index contributed by atoms with van der Waals surface area (Å²) in [6.07, 6.45) is 10.1. The molecule has 0 spiro atoms. The van der Waals surface area contributed by atoms with Crippen LogP contribution in [0.15, 0.2) is 72.0 Å². The molecule has 38 heavy (non-hydrogen) atoms. The summed E-state index contributed by atoms with van der Waals surface area (Å²) in [6.45, 7) is 7.15. The number of rotatable bonds is 8. The van der Waals surface area contributed by atoms with Crippen molar-refractivity contribution in [3.05, 3.63) is 89.4 Å². The van der Waals surface area contributed by atoms with Crippen LogP contribution in [-0.2, 0) is 10.2 Å². The number of aliphatic imine (C=N–C) groups is 1. The molecule has 1 atom stereocenters. The van der Waals surface area contributed by atoms with Crippen LogP contribution < -0.4 is 5.32 Å². The van der Waals surface area contributed by atoms with Crippen LogP contribution in [0.2, 0.25) is 0 Å². The number of nitrogens with one attached hydrogen (secondary N) is 1. The fourth-order valence-electron chi connectivity index (χ4n) is 5.41. The molecule has 2 aromatic heterocycles. The van der Waals surface area contributed by atoms with Gasteiger partial charge in [0.2, 0.25) is 5.95 Å². The third kappa shape index (κ3) is 4.54. The largest absolute Gasteiger partial charge is 0.376 e. The number of pyridine rings is 1. The van der Waals surface area contributed by atoms with E-state index >= 15 is 0 Å². The highest BCUT2D eigenvalue weighted by Gasteiger charge is 2.48. The summed E-state index contributed by atoms with van der Waals surface area (Å²) in [5.74, 6) is 0.489. The van der Waals surface area contributed by atoms with Gasteiger partial charge in [0.15, 0.2) is 0 Å². The minimum absolute atomic E-state index is 0.0787. The molecule has 2 fully saturated rings. The van der Waals surface area contributed by atoms with E-state index in [0.29, 0.717) is 18.1 Å². The summed E-state index contributed by atoms with van der Waals surface area (Å²) < 4.78 is 7.66. The highest BCUT2D eigenvalue weighted by molar-refractivity contribution is 5.94. The van der Waals surface area contributed by atoms with Gasteiger partial charge in [-0.05, 0) is 86.4 Å². The number of benzene rings is 2. The Hall–Kier alpha value is -4.10. The maximum Gasteiger partial charge on any atom is 0.251 e. The smallest absolute Gasteiger partial charge is 0.251 e. The van der Waals surface area contributed by atoms with Crippen molar-refractivity contribution >= 4 is 41.2 Å². The zero-order valence-corrected chi connectivity index (χ0v) is 21.6. The fraction of sp³-hybridized carbons (Fsp3) is 0.290. The highest BCUT2D eigenvalue weighted by atomic mass is 16.5. The van der Waals surface area contributed by atoms with E-state index in [1.165, 1.54) is 5.56 Å². The molecule has 1 amide bonds. The topological polar surface area (TPSA) is 81.4 Å². The second kappa shape index (κ2) is 9.99. The zero-order chi connectivity index (χ0) is 26.1. The van der Waals surface area contributed by atoms with Crippen LogP contribution >= 0.6 is 0 Å². The molecule has 4 aromatic rings. The van der Waals surface area contributed by atoms with Gasteiger partial charge in [0.05, 0.1) is 23.5 Å². The SMILES string of the molecule is C=Nc1ncc(C2(c3ccc4ncccc4c3)CC2)n1/C=C(\C)c1ccc(C(=O)NCC2CCCO2)cc1. The Kier molecular flexibility index (Phi) is 6.37. The third-order valence-electron chi connectivity index (χ3n) is 7.75. The number of fused-ring (bicyclic) bond motifs is 1. The fourth-order valence-corrected chi connectivity index (χ4v) is 5.41. The van der Waals surface area contributed by atoms with Crippen molar-refractivity contribution in [2.75, 3.05) is 13.2 Å². The first-order chi connectivity index (χ1) is 18.6. The first-order valence-electron chi connectivity index (χ1n) is 13.2. The number of allylic oxidation sites excluding steroid dienone is 1. The zero-order valence-electron chi connectivity index (χ0n) is 21.6. The molecule has 192 valence electrons. The molecule has 7 nitrogen and oxygen atoms in total. The Morgan fingerprint density at radius 2 is 2.00 bits per heavy atom. The van der Waals surface area contributed by atoms with Crippen molar-refractivity contribution in [2.45, 2.75) is 44.1 Å². The van der Waals surface area contributed by atoms with Gasteiger partial charge in [0.25, 0.3) is 5.91 Å². The van der Waals surface area contributed by atoms with Crippen molar-refractivity contribution in [1.82, 2.24) is 19.9 Å². The van der Waals surface area contributed by atoms with E-state index in [2.05, 4.69) is 69.0 Å². The quantitative estimate of drug-likeness (QED) is 0.308. The van der Waals surface area contributed by atoms with Crippen molar-refractivity contribution < 1.29 is 9.53 Å². The Morgan fingerprint density at radius 1 is 1.18 bits per heavy atom. The van der Waals surface area contributed by atoms with Crippen LogP contribution in [0.4, 0.5) is 5.95 Å². The van der Waals surface area contributed by atoms with Gasteiger partial charge in [-0.15, -0.1) is 0 Å². The van der Waals surface area contributed by atoms with Crippen LogP contribution in [0.1, 0.15) is 59.8 Å². The molecule has 1 unspecified atom stereocenters. The predicted molar refractivity (Wildman–Crippen MR) is 151 cm³/mol. The predicted octanol–water partition coefficient (Wildman–Crippen LogP) is 5.77. The number of imidazole rings is 1. The average molecular weight is 506 g/mol. The van der Waals surface area contributed by atoms with E-state index in [4.69, 9.17) is 4.74 Å². The lowest BCUT2D eigenvalue weighted by Gasteiger charge is -2.18. The summed E-state index contributed by atoms with van der Waals surface area (Å²) in [6, 6.07) is 18.3. The molecular weight excluding hydrogens is 474 g/mol. The normalized spacial score (nSPS) is 18.4. The minimum atomic E-state index is -0.109. The molecule has 3 heterocycles. The number of carbonyl (C=O) groups is 1. The first kappa shape index (κ1) is 24.2. The van der Waals surface area contributed by atoms with Gasteiger partial charge in [-0.25, -0.2) is 9.98 Å². The van der Waals surface area contributed by atoms with E-state index in [-0.39, 0.29) is 17.4 Å². The monoisotopic (exact) mass is 505 g/mol. The van der Waals surface area contributed by atoms with Crippen LogP contribution in [-0.4, -0.2) is 46.4 Å². The lowest BCUT2D eigenvalue weighted by atomic mass is 9.91. The molecule has 2 aliphatic rings. The minimum Gasteiger partial charge on any atom is -0.376 e. The van der Waals surface area contributed by atoms with Crippen molar-refractivity contribution in [2.24, 2.45) is 4.99 Å². The van der Waals surface area contributed by atoms with E-state index in [1.807, 2.05) is 42.7 Å². The molecule has 1 N–H and O–H groups in total. The lowest BCUT2D eigenvalue weighted by Crippen LogP contribution is -2.31. The Bertz CT molecular complexity index is 1530. The first-order valence-corrected chi connectivity index (χ1v) is 13.2. The Labute approximate surface area is 222 Å². The van der Waals surface area contributed by atoms with Gasteiger partial charge in [0, 0.05) is 41.9 Å². The molecule has 0 radical (unpaired) electrons. The van der Waals surface area contributed by atoms with Crippen molar-refractivity contribution in [3.8, 4) is 0 Å². The summed E-state index contributed by atoms with van der Waals surface area (Å²) >= 11 is 0. The van der Waals surface area contributed by atoms with Crippen LogP contribution in [0, 0.1) is 0 Å². The second-order valence-corrected chi connectivity index (χ2v) is 10.2. The third-order valence-corrected chi connectivity index (χ3v) is 7.75. The van der Waals surface area contributed by atoms with Crippen molar-refractivity contribution in [3.63, 3.8) is 0 Å². The highest BCUT2D eigenvalue weighted by Crippen LogP contribution is 2.54. The average Bonchev–Trinajstić information content (AvgIpc) is 3.38. The molecule has 6 rings (SSSR count). The summed E-state index contributed by atoms with van der Waals surface area (Å²) in [4.78, 5) is 25.8. The number of nitrogens with zero attached hydrogens (tertiary/aromatic N) is 4. The number of carbonyl (C=O) groups excluding carboxylic acids is 1. The van der Waals surface area contributed by atoms with Gasteiger partial charge in [-0.2, -0.15) is 0 Å². The van der Waals surface area contributed by atoms with E-state index in [9.17, 15) is 4.79 Å². The van der Waals surface area contributed by atoms with E-state index in [1.54, 1.807) is 0 Å². The molecule has 1 saturated carbocycles. The lowest BCUT2D eigenvalue weighted by molar-refractivity contribution is 0.0858. The number of ether oxygens (including phenoxy) is 1. The van der Waals surface area contributed by atoms with Gasteiger partial charge >= 0.3 is 0 Å². The van der Waals surface area contributed by atoms with Crippen LogP contribution in [0.3, 0.4) is 0 Å². The van der Waals surface area contributed by atoms with Crippen molar-refractivity contribution in [1.29, 1.82) is 0 Å². The van der Waals surface area contributed by atoms with E-state index < -0.39 is 0 Å². The number of hydrogen-bond donors (Lipinski definition) is 1. The molecule has 2 aromatic carbocycles. The maximum absolute atomic E-state index is 12.6. The van der Waals surface area contributed by atoms with Gasteiger partial charge < -0.3 is 10.1 Å². The molecule has 1 saturated heterocycles. The Morgan fingerprint density at radius 3 is 2.74 bits per heavy atom. The summed E-state index contributed by atoms with van der Waals surface area (Å²) in [7, 11) is 0. The van der Waals surface area contributed by atoms with Gasteiger partial charge in [0.1, 0.15) is 0 Å².